The minimum Gasteiger partial charge on any atom is -0.493 e. The second-order valence-electron chi connectivity index (χ2n) is 6.54. The summed E-state index contributed by atoms with van der Waals surface area (Å²) in [5.41, 5.74) is 0.352. The molecule has 2 heterocycles. The maximum absolute atomic E-state index is 12.5. The quantitative estimate of drug-likeness (QED) is 0.768. The van der Waals surface area contributed by atoms with Gasteiger partial charge < -0.3 is 19.2 Å². The monoisotopic (exact) mass is 375 g/mol. The molecule has 0 bridgehead atoms. The molecule has 1 saturated heterocycles. The van der Waals surface area contributed by atoms with E-state index in [1.165, 1.54) is 7.11 Å². The van der Waals surface area contributed by atoms with Gasteiger partial charge in [-0.1, -0.05) is 0 Å². The molecule has 27 heavy (non-hydrogen) atoms. The van der Waals surface area contributed by atoms with Gasteiger partial charge in [-0.25, -0.2) is 4.98 Å². The van der Waals surface area contributed by atoms with Crippen molar-refractivity contribution in [3.05, 3.63) is 28.3 Å². The van der Waals surface area contributed by atoms with Crippen molar-refractivity contribution in [2.75, 3.05) is 33.9 Å². The Kier molecular flexibility index (Phi) is 5.95. The van der Waals surface area contributed by atoms with Gasteiger partial charge in [-0.3, -0.25) is 14.5 Å². The lowest BCUT2D eigenvalue weighted by molar-refractivity contribution is -0.149. The van der Waals surface area contributed by atoms with E-state index in [9.17, 15) is 9.59 Å². The van der Waals surface area contributed by atoms with Gasteiger partial charge in [0.05, 0.1) is 44.2 Å². The molecule has 146 valence electrons. The Morgan fingerprint density at radius 1 is 1.22 bits per heavy atom. The SMILES string of the molecule is CCOC(=O)C1CCN(Cc2nc3cc(OC)c(OC)cc3c(=O)[nH]2)CC1. The van der Waals surface area contributed by atoms with Crippen LogP contribution in [0.5, 0.6) is 11.5 Å². The van der Waals surface area contributed by atoms with Crippen molar-refractivity contribution in [3.8, 4) is 11.5 Å². The van der Waals surface area contributed by atoms with E-state index in [-0.39, 0.29) is 17.4 Å². The van der Waals surface area contributed by atoms with E-state index in [0.29, 0.717) is 41.4 Å². The van der Waals surface area contributed by atoms with E-state index in [4.69, 9.17) is 14.2 Å². The number of hydrogen-bond donors (Lipinski definition) is 1. The van der Waals surface area contributed by atoms with Crippen LogP contribution in [0.25, 0.3) is 10.9 Å². The summed E-state index contributed by atoms with van der Waals surface area (Å²) in [7, 11) is 3.07. The summed E-state index contributed by atoms with van der Waals surface area (Å²) < 4.78 is 15.6. The number of nitrogens with zero attached hydrogens (tertiary/aromatic N) is 2. The number of likely N-dealkylation sites (tertiary alicyclic amines) is 1. The van der Waals surface area contributed by atoms with Crippen LogP contribution in [0.1, 0.15) is 25.6 Å². The number of carbonyl (C=O) groups excluding carboxylic acids is 1. The summed E-state index contributed by atoms with van der Waals surface area (Å²) in [6.07, 6.45) is 1.50. The van der Waals surface area contributed by atoms with Gasteiger partial charge in [0.2, 0.25) is 0 Å². The molecule has 2 aromatic rings. The van der Waals surface area contributed by atoms with E-state index in [1.807, 2.05) is 6.92 Å². The fraction of sp³-hybridized carbons (Fsp3) is 0.526. The summed E-state index contributed by atoms with van der Waals surface area (Å²) >= 11 is 0. The normalized spacial score (nSPS) is 15.7. The number of piperidine rings is 1. The van der Waals surface area contributed by atoms with Crippen LogP contribution < -0.4 is 15.0 Å². The van der Waals surface area contributed by atoms with Crippen LogP contribution in [0.2, 0.25) is 0 Å². The first-order chi connectivity index (χ1) is 13.0. The Labute approximate surface area is 157 Å². The minimum atomic E-state index is -0.211. The number of esters is 1. The van der Waals surface area contributed by atoms with E-state index < -0.39 is 0 Å². The van der Waals surface area contributed by atoms with E-state index in [0.717, 1.165) is 25.9 Å². The van der Waals surface area contributed by atoms with E-state index in [1.54, 1.807) is 19.2 Å². The van der Waals surface area contributed by atoms with Gasteiger partial charge in [-0.15, -0.1) is 0 Å². The van der Waals surface area contributed by atoms with Gasteiger partial charge in [0.15, 0.2) is 11.5 Å². The molecule has 1 fully saturated rings. The molecular weight excluding hydrogens is 350 g/mol. The molecule has 1 N–H and O–H groups in total. The Morgan fingerprint density at radius 2 is 1.89 bits per heavy atom. The van der Waals surface area contributed by atoms with Gasteiger partial charge in [-0.05, 0) is 38.9 Å². The van der Waals surface area contributed by atoms with Gasteiger partial charge >= 0.3 is 5.97 Å². The molecule has 1 aromatic carbocycles. The Hall–Kier alpha value is -2.61. The molecule has 1 aliphatic rings. The second-order valence-corrected chi connectivity index (χ2v) is 6.54. The predicted octanol–water partition coefficient (Wildman–Crippen LogP) is 1.72. The molecule has 0 amide bonds. The largest absolute Gasteiger partial charge is 0.493 e. The van der Waals surface area contributed by atoms with Crippen LogP contribution >= 0.6 is 0 Å². The van der Waals surface area contributed by atoms with Crippen LogP contribution in [0, 0.1) is 5.92 Å². The summed E-state index contributed by atoms with van der Waals surface area (Å²) in [6.45, 7) is 4.28. The van der Waals surface area contributed by atoms with E-state index >= 15 is 0 Å². The third-order valence-electron chi connectivity index (χ3n) is 4.84. The molecule has 0 spiro atoms. The summed E-state index contributed by atoms with van der Waals surface area (Å²) in [6, 6.07) is 3.34. The zero-order valence-electron chi connectivity index (χ0n) is 15.9. The van der Waals surface area contributed by atoms with Gasteiger partial charge in [0.25, 0.3) is 5.56 Å². The number of benzene rings is 1. The number of ether oxygens (including phenoxy) is 3. The van der Waals surface area contributed by atoms with Crippen molar-refractivity contribution in [2.45, 2.75) is 26.3 Å². The Morgan fingerprint density at radius 3 is 2.52 bits per heavy atom. The first-order valence-corrected chi connectivity index (χ1v) is 9.09. The molecule has 1 aromatic heterocycles. The van der Waals surface area contributed by atoms with Crippen molar-refractivity contribution in [1.82, 2.24) is 14.9 Å². The summed E-state index contributed by atoms with van der Waals surface area (Å²) in [5.74, 6) is 1.46. The predicted molar refractivity (Wildman–Crippen MR) is 100 cm³/mol. The standard InChI is InChI=1S/C19H25N3O5/c1-4-27-19(24)12-5-7-22(8-6-12)11-17-20-14-10-16(26-3)15(25-2)9-13(14)18(23)21-17/h9-10,12H,4-8,11H2,1-3H3,(H,20,21,23). The number of aromatic amines is 1. The van der Waals surface area contributed by atoms with Crippen molar-refractivity contribution in [1.29, 1.82) is 0 Å². The number of nitrogens with one attached hydrogen (secondary N) is 1. The molecule has 8 nitrogen and oxygen atoms in total. The van der Waals surface area contributed by atoms with Crippen molar-refractivity contribution < 1.29 is 19.0 Å². The van der Waals surface area contributed by atoms with Crippen molar-refractivity contribution in [2.24, 2.45) is 5.92 Å². The van der Waals surface area contributed by atoms with Crippen LogP contribution in [-0.4, -0.2) is 54.8 Å². The zero-order valence-corrected chi connectivity index (χ0v) is 15.9. The molecule has 0 unspecified atom stereocenters. The highest BCUT2D eigenvalue weighted by Gasteiger charge is 2.26. The fourth-order valence-electron chi connectivity index (χ4n) is 3.39. The van der Waals surface area contributed by atoms with Gasteiger partial charge in [-0.2, -0.15) is 0 Å². The van der Waals surface area contributed by atoms with Crippen LogP contribution in [0.3, 0.4) is 0 Å². The highest BCUT2D eigenvalue weighted by molar-refractivity contribution is 5.81. The number of aromatic nitrogens is 2. The third-order valence-corrected chi connectivity index (χ3v) is 4.84. The number of fused-ring (bicyclic) bond motifs is 1. The minimum absolute atomic E-state index is 0.0402. The lowest BCUT2D eigenvalue weighted by Crippen LogP contribution is -2.37. The number of methoxy groups -OCH3 is 2. The number of carbonyl (C=O) groups is 1. The van der Waals surface area contributed by atoms with Crippen LogP contribution in [-0.2, 0) is 16.1 Å². The van der Waals surface area contributed by atoms with Crippen LogP contribution in [0.15, 0.2) is 16.9 Å². The summed E-state index contributed by atoms with van der Waals surface area (Å²) in [5, 5.41) is 0.456. The van der Waals surface area contributed by atoms with Gasteiger partial charge in [0.1, 0.15) is 5.82 Å². The Bertz CT molecular complexity index is 872. The Balaban J connectivity index is 1.74. The molecule has 3 rings (SSSR count). The first kappa shape index (κ1) is 19.2. The van der Waals surface area contributed by atoms with Crippen LogP contribution in [0.4, 0.5) is 0 Å². The van der Waals surface area contributed by atoms with Gasteiger partial charge in [0, 0.05) is 6.07 Å². The first-order valence-electron chi connectivity index (χ1n) is 9.09. The number of rotatable bonds is 6. The maximum atomic E-state index is 12.5. The molecule has 0 saturated carbocycles. The molecular formula is C19H25N3O5. The summed E-state index contributed by atoms with van der Waals surface area (Å²) in [4.78, 5) is 33.9. The number of H-pyrrole nitrogens is 1. The average molecular weight is 375 g/mol. The maximum Gasteiger partial charge on any atom is 0.309 e. The number of hydrogen-bond acceptors (Lipinski definition) is 7. The molecule has 0 atom stereocenters. The van der Waals surface area contributed by atoms with E-state index in [2.05, 4.69) is 14.9 Å². The third kappa shape index (κ3) is 4.21. The molecule has 0 radical (unpaired) electrons. The molecule has 1 aliphatic heterocycles. The molecule has 8 heteroatoms. The fourth-order valence-corrected chi connectivity index (χ4v) is 3.39. The average Bonchev–Trinajstić information content (AvgIpc) is 2.67. The van der Waals surface area contributed by atoms with Crippen molar-refractivity contribution in [3.63, 3.8) is 0 Å². The highest BCUT2D eigenvalue weighted by atomic mass is 16.5. The lowest BCUT2D eigenvalue weighted by atomic mass is 9.97. The zero-order chi connectivity index (χ0) is 19.4. The topological polar surface area (TPSA) is 93.8 Å². The second kappa shape index (κ2) is 8.39. The molecule has 0 aliphatic carbocycles. The highest BCUT2D eigenvalue weighted by Crippen LogP contribution is 2.30. The smallest absolute Gasteiger partial charge is 0.309 e. The lowest BCUT2D eigenvalue weighted by Gasteiger charge is -2.30. The van der Waals surface area contributed by atoms with Crippen molar-refractivity contribution >= 4 is 16.9 Å².